The maximum Gasteiger partial charge on any atom is 0.192 e. The van der Waals surface area contributed by atoms with Crippen LogP contribution in [0.3, 0.4) is 0 Å². The molecule has 0 spiro atoms. The minimum atomic E-state index is -1.95. The van der Waals surface area contributed by atoms with Crippen LogP contribution in [0, 0.1) is 0 Å². The lowest BCUT2D eigenvalue weighted by atomic mass is 10.1. The van der Waals surface area contributed by atoms with Crippen LogP contribution in [0.1, 0.15) is 32.8 Å². The molecule has 0 amide bonds. The average Bonchev–Trinajstić information content (AvgIpc) is 2.65. The third-order valence-electron chi connectivity index (χ3n) is 5.48. The quantitative estimate of drug-likeness (QED) is 0.337. The van der Waals surface area contributed by atoms with Crippen LogP contribution >= 0.6 is 0 Å². The molecule has 0 aliphatic carbocycles. The van der Waals surface area contributed by atoms with E-state index in [0.717, 1.165) is 17.6 Å². The summed E-state index contributed by atoms with van der Waals surface area (Å²) >= 11 is 0. The Balaban J connectivity index is 1.98. The molecule has 0 fully saturated rings. The van der Waals surface area contributed by atoms with Crippen molar-refractivity contribution in [3.63, 3.8) is 0 Å². The van der Waals surface area contributed by atoms with E-state index in [-0.39, 0.29) is 17.2 Å². The van der Waals surface area contributed by atoms with Crippen molar-refractivity contribution in [2.24, 2.45) is 0 Å². The first-order valence-corrected chi connectivity index (χ1v) is 12.9. The molecule has 0 saturated carbocycles. The normalized spacial score (nSPS) is 23.2. The summed E-state index contributed by atoms with van der Waals surface area (Å²) in [5, 5.41) is 0.103. The molecule has 1 aromatic rings. The Hall–Kier alpha value is -1.89. The van der Waals surface area contributed by atoms with E-state index >= 15 is 0 Å². The van der Waals surface area contributed by atoms with Crippen LogP contribution in [0.4, 0.5) is 0 Å². The van der Waals surface area contributed by atoms with Gasteiger partial charge in [-0.3, -0.25) is 4.79 Å². The molecule has 0 unspecified atom stereocenters. The molecule has 1 aliphatic rings. The molecular weight excluding hydrogens is 384 g/mol. The maximum absolute atomic E-state index is 11.4. The fraction of sp³-hybridized carbons (Fsp3) is 0.522. The van der Waals surface area contributed by atoms with Crippen molar-refractivity contribution < 1.29 is 23.4 Å². The zero-order chi connectivity index (χ0) is 21.5. The predicted molar refractivity (Wildman–Crippen MR) is 117 cm³/mol. The minimum absolute atomic E-state index is 0.103. The van der Waals surface area contributed by atoms with Crippen molar-refractivity contribution in [1.82, 2.24) is 0 Å². The number of benzene rings is 1. The third-order valence-corrected chi connectivity index (χ3v) is 9.99. The fourth-order valence-electron chi connectivity index (χ4n) is 2.64. The second-order valence-electron chi connectivity index (χ2n) is 8.85. The average molecular weight is 419 g/mol. The molecule has 6 heteroatoms. The molecule has 29 heavy (non-hydrogen) atoms. The van der Waals surface area contributed by atoms with Gasteiger partial charge in [-0.15, -0.1) is 0 Å². The van der Waals surface area contributed by atoms with Crippen LogP contribution in [0.25, 0.3) is 0 Å². The molecule has 1 aromatic carbocycles. The van der Waals surface area contributed by atoms with E-state index < -0.39 is 8.32 Å². The van der Waals surface area contributed by atoms with Crippen molar-refractivity contribution in [3.8, 4) is 5.75 Å². The highest BCUT2D eigenvalue weighted by molar-refractivity contribution is 6.74. The molecule has 1 aliphatic heterocycles. The number of carbonyl (C=O) groups excluding carboxylic acids is 1. The van der Waals surface area contributed by atoms with Gasteiger partial charge in [0, 0.05) is 12.0 Å². The smallest absolute Gasteiger partial charge is 0.192 e. The zero-order valence-electron chi connectivity index (χ0n) is 18.4. The highest BCUT2D eigenvalue weighted by atomic mass is 28.4. The molecule has 0 N–H and O–H groups in total. The summed E-state index contributed by atoms with van der Waals surface area (Å²) in [6, 6.07) is 7.77. The lowest BCUT2D eigenvalue weighted by Gasteiger charge is -2.39. The van der Waals surface area contributed by atoms with Crippen LogP contribution in [-0.2, 0) is 25.3 Å². The molecule has 2 rings (SSSR count). The van der Waals surface area contributed by atoms with Gasteiger partial charge in [-0.25, -0.2) is 0 Å². The van der Waals surface area contributed by atoms with Crippen molar-refractivity contribution in [3.05, 3.63) is 53.8 Å². The lowest BCUT2D eigenvalue weighted by molar-refractivity contribution is -0.105. The first kappa shape index (κ1) is 23.4. The summed E-state index contributed by atoms with van der Waals surface area (Å²) in [6.45, 7) is 11.9. The van der Waals surface area contributed by atoms with E-state index in [0.29, 0.717) is 25.2 Å². The first-order valence-electron chi connectivity index (χ1n) is 10.0. The number of rotatable bonds is 8. The van der Waals surface area contributed by atoms with Crippen LogP contribution < -0.4 is 4.74 Å². The largest absolute Gasteiger partial charge is 0.497 e. The van der Waals surface area contributed by atoms with Crippen LogP contribution in [0.2, 0.25) is 18.1 Å². The Morgan fingerprint density at radius 3 is 2.45 bits per heavy atom. The molecule has 160 valence electrons. The van der Waals surface area contributed by atoms with E-state index in [1.165, 1.54) is 0 Å². The van der Waals surface area contributed by atoms with Gasteiger partial charge in [0.05, 0.1) is 32.7 Å². The standard InChI is InChI=1S/C23H34O5Si/c1-23(2,3)29(5,6)28-21-11-12-22(27-16-19(13-21)14-24)17-26-15-18-7-9-20(25-4)10-8-18/h7-12,14,16,21-22H,13,15,17H2,1-6H3/b12-11-,19-16+/t21-,22-/m1/s1. The van der Waals surface area contributed by atoms with Gasteiger partial charge in [-0.1, -0.05) is 39.0 Å². The minimum Gasteiger partial charge on any atom is -0.497 e. The first-order chi connectivity index (χ1) is 13.6. The summed E-state index contributed by atoms with van der Waals surface area (Å²) in [5.74, 6) is 0.819. The number of hydrogen-bond acceptors (Lipinski definition) is 5. The lowest BCUT2D eigenvalue weighted by Crippen LogP contribution is -2.43. The maximum atomic E-state index is 11.4. The van der Waals surface area contributed by atoms with Gasteiger partial charge in [0.1, 0.15) is 18.1 Å². The Labute approximate surface area is 175 Å². The number of aldehydes is 1. The second-order valence-corrected chi connectivity index (χ2v) is 13.6. The van der Waals surface area contributed by atoms with E-state index in [2.05, 4.69) is 33.9 Å². The van der Waals surface area contributed by atoms with Gasteiger partial charge in [-0.05, 0) is 41.9 Å². The Morgan fingerprint density at radius 1 is 1.17 bits per heavy atom. The number of hydrogen-bond donors (Lipinski definition) is 0. The van der Waals surface area contributed by atoms with Crippen LogP contribution in [0.5, 0.6) is 5.75 Å². The van der Waals surface area contributed by atoms with Crippen molar-refractivity contribution in [1.29, 1.82) is 0 Å². The summed E-state index contributed by atoms with van der Waals surface area (Å²) in [4.78, 5) is 11.4. The number of ether oxygens (including phenoxy) is 3. The summed E-state index contributed by atoms with van der Waals surface area (Å²) in [7, 11) is -0.304. The Bertz CT molecular complexity index is 716. The zero-order valence-corrected chi connectivity index (χ0v) is 19.4. The monoisotopic (exact) mass is 418 g/mol. The molecule has 0 saturated heterocycles. The van der Waals surface area contributed by atoms with Gasteiger partial charge in [0.2, 0.25) is 0 Å². The summed E-state index contributed by atoms with van der Waals surface area (Å²) < 4.78 is 23.2. The van der Waals surface area contributed by atoms with Gasteiger partial charge in [-0.2, -0.15) is 0 Å². The van der Waals surface area contributed by atoms with Crippen molar-refractivity contribution in [2.75, 3.05) is 13.7 Å². The Kier molecular flexibility index (Phi) is 8.25. The van der Waals surface area contributed by atoms with Gasteiger partial charge in [0.25, 0.3) is 0 Å². The molecule has 0 aromatic heterocycles. The summed E-state index contributed by atoms with van der Waals surface area (Å²) in [6.07, 6.45) is 6.49. The van der Waals surface area contributed by atoms with Gasteiger partial charge < -0.3 is 18.6 Å². The SMILES string of the molecule is COc1ccc(COC[C@H]2/C=C\[C@@H](O[Si](C)(C)C(C)(C)C)C/C(C=O)=C\O2)cc1. The predicted octanol–water partition coefficient (Wildman–Crippen LogP) is 5.03. The molecule has 1 heterocycles. The third kappa shape index (κ3) is 7.14. The van der Waals surface area contributed by atoms with E-state index in [4.69, 9.17) is 18.6 Å². The van der Waals surface area contributed by atoms with Crippen molar-refractivity contribution in [2.45, 2.75) is 64.1 Å². The second kappa shape index (κ2) is 10.2. The van der Waals surface area contributed by atoms with Crippen LogP contribution in [0.15, 0.2) is 48.3 Å². The summed E-state index contributed by atoms with van der Waals surface area (Å²) in [5.41, 5.74) is 1.65. The fourth-order valence-corrected chi connectivity index (χ4v) is 3.91. The van der Waals surface area contributed by atoms with Gasteiger partial charge in [0.15, 0.2) is 8.32 Å². The molecule has 5 nitrogen and oxygen atoms in total. The molecular formula is C23H34O5Si. The number of carbonyl (C=O) groups is 1. The van der Waals surface area contributed by atoms with E-state index in [1.807, 2.05) is 36.4 Å². The Morgan fingerprint density at radius 2 is 1.86 bits per heavy atom. The van der Waals surface area contributed by atoms with Gasteiger partial charge >= 0.3 is 0 Å². The molecule has 0 bridgehead atoms. The molecule has 0 radical (unpaired) electrons. The highest BCUT2D eigenvalue weighted by Crippen LogP contribution is 2.38. The van der Waals surface area contributed by atoms with E-state index in [1.54, 1.807) is 13.4 Å². The van der Waals surface area contributed by atoms with E-state index in [9.17, 15) is 4.79 Å². The topological polar surface area (TPSA) is 54.0 Å². The molecule has 2 atom stereocenters. The van der Waals surface area contributed by atoms with Crippen LogP contribution in [-0.4, -0.2) is 40.5 Å². The highest BCUT2D eigenvalue weighted by Gasteiger charge is 2.39. The van der Waals surface area contributed by atoms with Crippen molar-refractivity contribution >= 4 is 14.6 Å². The number of methoxy groups -OCH3 is 1.